The molecule has 3 nitrogen and oxygen atoms in total. The Labute approximate surface area is 373 Å². The van der Waals surface area contributed by atoms with Crippen LogP contribution in [0.3, 0.4) is 0 Å². The van der Waals surface area contributed by atoms with Crippen molar-refractivity contribution in [3.05, 3.63) is 224 Å². The van der Waals surface area contributed by atoms with Crippen LogP contribution in [0.5, 0.6) is 0 Å². The summed E-state index contributed by atoms with van der Waals surface area (Å²) in [5.74, 6) is 0. The van der Waals surface area contributed by atoms with E-state index in [0.29, 0.717) is 0 Å². The summed E-state index contributed by atoms with van der Waals surface area (Å²) in [5.41, 5.74) is 15.4. The van der Waals surface area contributed by atoms with Crippen LogP contribution in [0, 0.1) is 0 Å². The largest absolute Gasteiger partial charge is 0.455 e. The van der Waals surface area contributed by atoms with Gasteiger partial charge in [0.05, 0.1) is 11.1 Å². The van der Waals surface area contributed by atoms with Crippen molar-refractivity contribution in [2.45, 2.75) is 0 Å². The Morgan fingerprint density at radius 2 is 0.891 bits per heavy atom. The van der Waals surface area contributed by atoms with Gasteiger partial charge in [-0.2, -0.15) is 0 Å². The van der Waals surface area contributed by atoms with Gasteiger partial charge in [0.1, 0.15) is 22.3 Å². The molecule has 0 aliphatic heterocycles. The zero-order valence-electron chi connectivity index (χ0n) is 34.5. The van der Waals surface area contributed by atoms with Crippen LogP contribution < -0.4 is 4.90 Å². The van der Waals surface area contributed by atoms with Crippen LogP contribution in [-0.2, 0) is 0 Å². The molecule has 13 rings (SSSR count). The third kappa shape index (κ3) is 5.95. The fraction of sp³-hybridized carbons (Fsp3) is 0. The molecular weight excluding hydrogens is 799 g/mol. The highest BCUT2D eigenvalue weighted by Gasteiger charge is 2.25. The molecule has 10 aromatic carbocycles. The second-order valence-corrected chi connectivity index (χ2v) is 17.5. The number of furan rings is 2. The number of fused-ring (bicyclic) bond motifs is 9. The first-order valence-electron chi connectivity index (χ1n) is 21.6. The number of rotatable bonds is 7. The number of benzene rings is 10. The van der Waals surface area contributed by atoms with Gasteiger partial charge in [-0.3, -0.25) is 0 Å². The van der Waals surface area contributed by atoms with Crippen molar-refractivity contribution in [2.24, 2.45) is 0 Å². The molecule has 0 saturated heterocycles. The van der Waals surface area contributed by atoms with Crippen LogP contribution in [0.25, 0.3) is 109 Å². The molecule has 0 N–H and O–H groups in total. The fourth-order valence-electron chi connectivity index (χ4n) is 9.62. The predicted molar refractivity (Wildman–Crippen MR) is 270 cm³/mol. The van der Waals surface area contributed by atoms with Crippen molar-refractivity contribution < 1.29 is 8.83 Å². The smallest absolute Gasteiger partial charge is 0.145 e. The number of thiophene rings is 1. The monoisotopic (exact) mass is 835 g/mol. The number of anilines is 3. The Kier molecular flexibility index (Phi) is 8.40. The summed E-state index contributed by atoms with van der Waals surface area (Å²) in [5, 5.41) is 6.75. The average molecular weight is 836 g/mol. The highest BCUT2D eigenvalue weighted by atomic mass is 32.1. The Balaban J connectivity index is 1.08. The van der Waals surface area contributed by atoms with Gasteiger partial charge in [-0.25, -0.2) is 0 Å². The zero-order valence-corrected chi connectivity index (χ0v) is 35.4. The van der Waals surface area contributed by atoms with Gasteiger partial charge in [0.2, 0.25) is 0 Å². The Morgan fingerprint density at radius 1 is 0.312 bits per heavy atom. The third-order valence-electron chi connectivity index (χ3n) is 12.7. The Bertz CT molecular complexity index is 3890. The lowest BCUT2D eigenvalue weighted by Crippen LogP contribution is -2.10. The first-order valence-corrected chi connectivity index (χ1v) is 22.5. The summed E-state index contributed by atoms with van der Waals surface area (Å²) in [7, 11) is 0. The number of hydrogen-bond donors (Lipinski definition) is 0. The van der Waals surface area contributed by atoms with Crippen LogP contribution >= 0.6 is 11.3 Å². The van der Waals surface area contributed by atoms with E-state index < -0.39 is 0 Å². The van der Waals surface area contributed by atoms with Crippen molar-refractivity contribution in [3.8, 4) is 44.5 Å². The maximum absolute atomic E-state index is 7.05. The summed E-state index contributed by atoms with van der Waals surface area (Å²) in [6, 6.07) is 80.2. The van der Waals surface area contributed by atoms with Gasteiger partial charge in [0, 0.05) is 64.9 Å². The van der Waals surface area contributed by atoms with Crippen LogP contribution in [0.15, 0.2) is 233 Å². The van der Waals surface area contributed by atoms with E-state index in [2.05, 4.69) is 229 Å². The topological polar surface area (TPSA) is 29.5 Å². The minimum Gasteiger partial charge on any atom is -0.455 e. The van der Waals surface area contributed by atoms with Crippen molar-refractivity contribution in [1.82, 2.24) is 0 Å². The SMILES string of the molecule is c1ccc(-c2ccc3c(c2)oc2c(-c4ccccc4)ccc(N(c4ccc5c(c4)oc4c(-c6ccccc6)cc(-c6ccccc6)cc45)c4ccc5sc6ccccc6c5c4)c23)cc1. The first-order chi connectivity index (χ1) is 31.7. The van der Waals surface area contributed by atoms with E-state index in [1.54, 1.807) is 0 Å². The summed E-state index contributed by atoms with van der Waals surface area (Å²) in [4.78, 5) is 2.39. The summed E-state index contributed by atoms with van der Waals surface area (Å²) in [6.45, 7) is 0. The van der Waals surface area contributed by atoms with E-state index in [0.717, 1.165) is 99.9 Å². The molecule has 3 aromatic heterocycles. The van der Waals surface area contributed by atoms with Crippen LogP contribution in [0.1, 0.15) is 0 Å². The fourth-order valence-corrected chi connectivity index (χ4v) is 10.7. The Morgan fingerprint density at radius 3 is 1.64 bits per heavy atom. The van der Waals surface area contributed by atoms with Crippen molar-refractivity contribution in [2.75, 3.05) is 4.90 Å². The lowest BCUT2D eigenvalue weighted by molar-refractivity contribution is 0.670. The summed E-state index contributed by atoms with van der Waals surface area (Å²) in [6.07, 6.45) is 0. The van der Waals surface area contributed by atoms with E-state index >= 15 is 0 Å². The summed E-state index contributed by atoms with van der Waals surface area (Å²) < 4.78 is 16.6. The van der Waals surface area contributed by atoms with Gasteiger partial charge in [0.25, 0.3) is 0 Å². The van der Waals surface area contributed by atoms with Crippen molar-refractivity contribution in [3.63, 3.8) is 0 Å². The minimum atomic E-state index is 0.823. The molecule has 0 aliphatic rings. The van der Waals surface area contributed by atoms with Crippen LogP contribution in [0.4, 0.5) is 17.1 Å². The third-order valence-corrected chi connectivity index (χ3v) is 13.8. The zero-order chi connectivity index (χ0) is 42.1. The molecule has 13 aromatic rings. The van der Waals surface area contributed by atoms with Crippen molar-refractivity contribution in [1.29, 1.82) is 0 Å². The van der Waals surface area contributed by atoms with Gasteiger partial charge >= 0.3 is 0 Å². The van der Waals surface area contributed by atoms with Crippen LogP contribution in [0.2, 0.25) is 0 Å². The van der Waals surface area contributed by atoms with Gasteiger partial charge in [0.15, 0.2) is 0 Å². The molecule has 0 aliphatic carbocycles. The van der Waals surface area contributed by atoms with Gasteiger partial charge in [-0.15, -0.1) is 11.3 Å². The Hall–Kier alpha value is -8.18. The molecule has 4 heteroatoms. The summed E-state index contributed by atoms with van der Waals surface area (Å²) >= 11 is 1.83. The number of nitrogens with zero attached hydrogens (tertiary/aromatic N) is 1. The molecule has 64 heavy (non-hydrogen) atoms. The highest BCUT2D eigenvalue weighted by Crippen LogP contribution is 2.49. The second-order valence-electron chi connectivity index (χ2n) is 16.4. The second kappa shape index (κ2) is 14.7. The minimum absolute atomic E-state index is 0.823. The molecule has 0 saturated carbocycles. The van der Waals surface area contributed by atoms with E-state index in [9.17, 15) is 0 Å². The van der Waals surface area contributed by atoms with E-state index in [1.165, 1.54) is 25.7 Å². The maximum atomic E-state index is 7.05. The molecule has 300 valence electrons. The van der Waals surface area contributed by atoms with Gasteiger partial charge < -0.3 is 13.7 Å². The van der Waals surface area contributed by atoms with Crippen LogP contribution in [-0.4, -0.2) is 0 Å². The standard InChI is InChI=1S/C60H37NO2S/c1-5-15-38(16-6-1)42-25-28-49-54(35-42)63-60-46(40-19-9-3-10-20-40)30-31-53(58(49)60)61(44-27-32-57-51(36-44)48-23-13-14-24-56(48)64-57)45-26-29-47-52-34-43(39-17-7-2-8-18-39)33-50(41-21-11-4-12-22-41)59(52)62-55(47)37-45/h1-37H. The molecule has 0 unspecified atom stereocenters. The molecular formula is C60H37NO2S. The lowest BCUT2D eigenvalue weighted by Gasteiger charge is -2.27. The van der Waals surface area contributed by atoms with Gasteiger partial charge in [-0.05, 0) is 106 Å². The van der Waals surface area contributed by atoms with Gasteiger partial charge in [-0.1, -0.05) is 146 Å². The number of hydrogen-bond acceptors (Lipinski definition) is 4. The molecule has 3 heterocycles. The molecule has 0 atom stereocenters. The van der Waals surface area contributed by atoms with Crippen molar-refractivity contribution >= 4 is 92.4 Å². The first kappa shape index (κ1) is 36.5. The molecule has 0 spiro atoms. The molecule has 0 fully saturated rings. The normalized spacial score (nSPS) is 11.8. The lowest BCUT2D eigenvalue weighted by atomic mass is 9.96. The van der Waals surface area contributed by atoms with E-state index in [1.807, 2.05) is 11.3 Å². The van der Waals surface area contributed by atoms with E-state index in [-0.39, 0.29) is 0 Å². The predicted octanol–water partition coefficient (Wildman–Crippen LogP) is 18.0. The molecule has 0 amide bonds. The molecule has 0 radical (unpaired) electrons. The maximum Gasteiger partial charge on any atom is 0.145 e. The average Bonchev–Trinajstić information content (AvgIpc) is 4.06. The highest BCUT2D eigenvalue weighted by molar-refractivity contribution is 7.25. The van der Waals surface area contributed by atoms with E-state index in [4.69, 9.17) is 8.83 Å². The quantitative estimate of drug-likeness (QED) is 0.160. The molecule has 0 bridgehead atoms.